The van der Waals surface area contributed by atoms with Crippen molar-refractivity contribution in [3.05, 3.63) is 24.3 Å². The molecule has 2 fully saturated rings. The summed E-state index contributed by atoms with van der Waals surface area (Å²) >= 11 is 0. The van der Waals surface area contributed by atoms with E-state index in [1.807, 2.05) is 31.2 Å². The molecule has 1 aliphatic carbocycles. The fourth-order valence-electron chi connectivity index (χ4n) is 4.15. The van der Waals surface area contributed by atoms with Gasteiger partial charge in [0.05, 0.1) is 18.8 Å². The number of hydrogen-bond acceptors (Lipinski definition) is 3. The number of rotatable bonds is 5. The number of ether oxygens (including phenoxy) is 1. The van der Waals surface area contributed by atoms with Gasteiger partial charge in [0.1, 0.15) is 5.75 Å². The van der Waals surface area contributed by atoms with Gasteiger partial charge in [-0.3, -0.25) is 9.69 Å². The van der Waals surface area contributed by atoms with Crippen LogP contribution in [0.2, 0.25) is 0 Å². The maximum Gasteiger partial charge on any atom is 0.238 e. The molecule has 1 aromatic carbocycles. The van der Waals surface area contributed by atoms with Crippen LogP contribution in [0, 0.1) is 5.92 Å². The Labute approximate surface area is 139 Å². The van der Waals surface area contributed by atoms with Crippen molar-refractivity contribution < 1.29 is 9.53 Å². The molecule has 0 unspecified atom stereocenters. The fourth-order valence-corrected chi connectivity index (χ4v) is 4.15. The molecular formula is C19H28N2O2. The van der Waals surface area contributed by atoms with Crippen molar-refractivity contribution in [3.63, 3.8) is 0 Å². The maximum absolute atomic E-state index is 12.5. The standard InChI is InChI=1S/C19H28N2O2/c1-2-23-18-12-6-4-10-16(18)20-19(22)14-21-13-7-9-15-8-3-5-11-17(15)21/h4,6,10,12,15,17H,2-3,5,7-9,11,13-14H2,1H3,(H,20,22)/t15-,17+/m1/s1. The van der Waals surface area contributed by atoms with Crippen LogP contribution in [0.4, 0.5) is 5.69 Å². The van der Waals surface area contributed by atoms with E-state index >= 15 is 0 Å². The third kappa shape index (κ3) is 4.05. The highest BCUT2D eigenvalue weighted by Crippen LogP contribution is 2.35. The first-order valence-corrected chi connectivity index (χ1v) is 9.03. The van der Waals surface area contributed by atoms with E-state index in [1.165, 1.54) is 38.5 Å². The summed E-state index contributed by atoms with van der Waals surface area (Å²) in [5.74, 6) is 1.63. The van der Waals surface area contributed by atoms with Crippen molar-refractivity contribution in [2.24, 2.45) is 5.92 Å². The largest absolute Gasteiger partial charge is 0.492 e. The molecule has 1 N–H and O–H groups in total. The zero-order chi connectivity index (χ0) is 16.1. The van der Waals surface area contributed by atoms with Gasteiger partial charge in [-0.15, -0.1) is 0 Å². The van der Waals surface area contributed by atoms with Crippen molar-refractivity contribution in [3.8, 4) is 5.75 Å². The molecular weight excluding hydrogens is 288 g/mol. The topological polar surface area (TPSA) is 41.6 Å². The normalized spacial score (nSPS) is 24.7. The van der Waals surface area contributed by atoms with Crippen LogP contribution in [0.25, 0.3) is 0 Å². The number of nitrogens with one attached hydrogen (secondary N) is 1. The summed E-state index contributed by atoms with van der Waals surface area (Å²) < 4.78 is 5.59. The summed E-state index contributed by atoms with van der Waals surface area (Å²) in [5.41, 5.74) is 0.775. The molecule has 1 saturated carbocycles. The summed E-state index contributed by atoms with van der Waals surface area (Å²) in [5, 5.41) is 3.03. The van der Waals surface area contributed by atoms with Crippen LogP contribution in [-0.2, 0) is 4.79 Å². The number of benzene rings is 1. The molecule has 0 aromatic heterocycles. The maximum atomic E-state index is 12.5. The summed E-state index contributed by atoms with van der Waals surface area (Å²) in [6.45, 7) is 4.11. The van der Waals surface area contributed by atoms with Gasteiger partial charge in [0.2, 0.25) is 5.91 Å². The molecule has 1 aromatic rings. The van der Waals surface area contributed by atoms with Crippen molar-refractivity contribution in [2.75, 3.05) is 25.0 Å². The lowest BCUT2D eigenvalue weighted by molar-refractivity contribution is -0.118. The average molecular weight is 316 g/mol. The number of fused-ring (bicyclic) bond motifs is 1. The number of para-hydroxylation sites is 2. The van der Waals surface area contributed by atoms with Gasteiger partial charge in [-0.25, -0.2) is 0 Å². The van der Waals surface area contributed by atoms with E-state index in [0.29, 0.717) is 19.2 Å². The summed E-state index contributed by atoms with van der Waals surface area (Å²) in [7, 11) is 0. The van der Waals surface area contributed by atoms with Crippen LogP contribution in [-0.4, -0.2) is 36.5 Å². The Balaban J connectivity index is 1.60. The Hall–Kier alpha value is -1.55. The first kappa shape index (κ1) is 16.3. The highest BCUT2D eigenvalue weighted by molar-refractivity contribution is 5.93. The Morgan fingerprint density at radius 2 is 2.00 bits per heavy atom. The van der Waals surface area contributed by atoms with Gasteiger partial charge in [-0.1, -0.05) is 25.0 Å². The Bertz CT molecular complexity index is 530. The average Bonchev–Trinajstić information content (AvgIpc) is 2.57. The molecule has 3 rings (SSSR count). The summed E-state index contributed by atoms with van der Waals surface area (Å²) in [6, 6.07) is 8.28. The number of piperidine rings is 1. The van der Waals surface area contributed by atoms with Gasteiger partial charge < -0.3 is 10.1 Å². The van der Waals surface area contributed by atoms with Crippen LogP contribution in [0.15, 0.2) is 24.3 Å². The Morgan fingerprint density at radius 3 is 2.87 bits per heavy atom. The molecule has 0 spiro atoms. The molecule has 2 atom stereocenters. The fraction of sp³-hybridized carbons (Fsp3) is 0.632. The van der Waals surface area contributed by atoms with Crippen LogP contribution < -0.4 is 10.1 Å². The predicted octanol–water partition coefficient (Wildman–Crippen LogP) is 3.68. The molecule has 0 bridgehead atoms. The Kier molecular flexibility index (Phi) is 5.55. The molecule has 1 amide bonds. The van der Waals surface area contributed by atoms with Gasteiger partial charge in [-0.2, -0.15) is 0 Å². The minimum Gasteiger partial charge on any atom is -0.492 e. The zero-order valence-electron chi connectivity index (χ0n) is 14.1. The SMILES string of the molecule is CCOc1ccccc1NC(=O)CN1CCC[C@H]2CCCC[C@@H]21. The quantitative estimate of drug-likeness (QED) is 0.901. The van der Waals surface area contributed by atoms with E-state index in [1.54, 1.807) is 0 Å². The first-order chi connectivity index (χ1) is 11.3. The summed E-state index contributed by atoms with van der Waals surface area (Å²) in [4.78, 5) is 14.9. The summed E-state index contributed by atoms with van der Waals surface area (Å²) in [6.07, 6.45) is 7.85. The van der Waals surface area contributed by atoms with Gasteiger partial charge in [0.25, 0.3) is 0 Å². The second kappa shape index (κ2) is 7.82. The van der Waals surface area contributed by atoms with E-state index in [2.05, 4.69) is 10.2 Å². The second-order valence-electron chi connectivity index (χ2n) is 6.70. The minimum atomic E-state index is 0.0726. The van der Waals surface area contributed by atoms with Crippen LogP contribution in [0.5, 0.6) is 5.75 Å². The molecule has 126 valence electrons. The molecule has 4 nitrogen and oxygen atoms in total. The van der Waals surface area contributed by atoms with Crippen molar-refractivity contribution >= 4 is 11.6 Å². The van der Waals surface area contributed by atoms with E-state index in [-0.39, 0.29) is 5.91 Å². The smallest absolute Gasteiger partial charge is 0.238 e. The molecule has 1 aliphatic heterocycles. The molecule has 2 aliphatic rings. The van der Waals surface area contributed by atoms with Crippen molar-refractivity contribution in [1.29, 1.82) is 0 Å². The zero-order valence-corrected chi connectivity index (χ0v) is 14.1. The van der Waals surface area contributed by atoms with Gasteiger partial charge in [0, 0.05) is 6.04 Å². The lowest BCUT2D eigenvalue weighted by Crippen LogP contribution is -2.49. The van der Waals surface area contributed by atoms with Crippen LogP contribution in [0.3, 0.4) is 0 Å². The van der Waals surface area contributed by atoms with Crippen molar-refractivity contribution in [2.45, 2.75) is 51.5 Å². The van der Waals surface area contributed by atoms with E-state index in [9.17, 15) is 4.79 Å². The third-order valence-electron chi connectivity index (χ3n) is 5.17. The van der Waals surface area contributed by atoms with Gasteiger partial charge in [0.15, 0.2) is 0 Å². The van der Waals surface area contributed by atoms with Crippen LogP contribution >= 0.6 is 0 Å². The molecule has 0 radical (unpaired) electrons. The van der Waals surface area contributed by atoms with Crippen molar-refractivity contribution in [1.82, 2.24) is 4.90 Å². The van der Waals surface area contributed by atoms with Crippen LogP contribution in [0.1, 0.15) is 45.4 Å². The van der Waals surface area contributed by atoms with E-state index < -0.39 is 0 Å². The molecule has 1 saturated heterocycles. The molecule has 23 heavy (non-hydrogen) atoms. The number of carbonyl (C=O) groups excluding carboxylic acids is 1. The highest BCUT2D eigenvalue weighted by atomic mass is 16.5. The molecule has 1 heterocycles. The van der Waals surface area contributed by atoms with E-state index in [0.717, 1.165) is 23.9 Å². The second-order valence-corrected chi connectivity index (χ2v) is 6.70. The number of hydrogen-bond donors (Lipinski definition) is 1. The van der Waals surface area contributed by atoms with Gasteiger partial charge in [-0.05, 0) is 57.2 Å². The lowest BCUT2D eigenvalue weighted by atomic mass is 9.78. The number of amides is 1. The number of likely N-dealkylation sites (tertiary alicyclic amines) is 1. The van der Waals surface area contributed by atoms with Gasteiger partial charge >= 0.3 is 0 Å². The molecule has 4 heteroatoms. The Morgan fingerprint density at radius 1 is 1.22 bits per heavy atom. The third-order valence-corrected chi connectivity index (χ3v) is 5.17. The predicted molar refractivity (Wildman–Crippen MR) is 92.8 cm³/mol. The monoisotopic (exact) mass is 316 g/mol. The number of anilines is 1. The minimum absolute atomic E-state index is 0.0726. The number of nitrogens with zero attached hydrogens (tertiary/aromatic N) is 1. The first-order valence-electron chi connectivity index (χ1n) is 9.03. The number of carbonyl (C=O) groups is 1. The lowest BCUT2D eigenvalue weighted by Gasteiger charge is -2.43. The van der Waals surface area contributed by atoms with E-state index in [4.69, 9.17) is 4.74 Å². The highest BCUT2D eigenvalue weighted by Gasteiger charge is 2.33.